The highest BCUT2D eigenvalue weighted by molar-refractivity contribution is 7.99. The fourth-order valence-corrected chi connectivity index (χ4v) is 2.02. The van der Waals surface area contributed by atoms with Crippen LogP contribution in [0.5, 0.6) is 0 Å². The van der Waals surface area contributed by atoms with Crippen molar-refractivity contribution < 1.29 is 14.3 Å². The summed E-state index contributed by atoms with van der Waals surface area (Å²) in [6.07, 6.45) is 0. The number of nitrogens with one attached hydrogen (secondary N) is 2. The highest BCUT2D eigenvalue weighted by Crippen LogP contribution is 2.07. The Balaban J connectivity index is 2.23. The molecule has 1 heterocycles. The number of amides is 1. The second kappa shape index (κ2) is 5.87. The summed E-state index contributed by atoms with van der Waals surface area (Å²) in [5, 5.41) is 5.59. The Kier molecular flexibility index (Phi) is 4.75. The monoisotopic (exact) mass is 218 g/mol. The molecule has 1 amide bonds. The van der Waals surface area contributed by atoms with E-state index in [1.807, 2.05) is 0 Å². The molecule has 0 bridgehead atoms. The first-order valence-corrected chi connectivity index (χ1v) is 5.55. The van der Waals surface area contributed by atoms with Crippen LogP contribution in [0, 0.1) is 0 Å². The minimum Gasteiger partial charge on any atom is -0.468 e. The molecule has 0 aliphatic carbocycles. The lowest BCUT2D eigenvalue weighted by Crippen LogP contribution is -2.49. The van der Waals surface area contributed by atoms with Gasteiger partial charge in [-0.1, -0.05) is 0 Å². The third-order valence-electron chi connectivity index (χ3n) is 1.87. The molecular weight excluding hydrogens is 204 g/mol. The lowest BCUT2D eigenvalue weighted by molar-refractivity contribution is -0.141. The fourth-order valence-electron chi connectivity index (χ4n) is 1.09. The Bertz CT molecular complexity index is 217. The van der Waals surface area contributed by atoms with Gasteiger partial charge in [-0.05, 0) is 0 Å². The number of hydrogen-bond donors (Lipinski definition) is 2. The first-order chi connectivity index (χ1) is 6.74. The standard InChI is InChI=1S/C8H14N2O3S/c1-13-7(11)4-10-8(12)6-5-14-3-2-9-6/h6,9H,2-5H2,1H3,(H,10,12)/t6-/m0/s1. The van der Waals surface area contributed by atoms with Crippen LogP contribution in [0.1, 0.15) is 0 Å². The highest BCUT2D eigenvalue weighted by atomic mass is 32.2. The Morgan fingerprint density at radius 3 is 3.00 bits per heavy atom. The zero-order valence-electron chi connectivity index (χ0n) is 8.04. The van der Waals surface area contributed by atoms with Gasteiger partial charge in [0, 0.05) is 18.1 Å². The van der Waals surface area contributed by atoms with Crippen molar-refractivity contribution in [3.8, 4) is 0 Å². The lowest BCUT2D eigenvalue weighted by Gasteiger charge is -2.21. The molecule has 1 saturated heterocycles. The second-order valence-corrected chi connectivity index (χ2v) is 4.03. The van der Waals surface area contributed by atoms with Gasteiger partial charge in [0.15, 0.2) is 0 Å². The smallest absolute Gasteiger partial charge is 0.325 e. The van der Waals surface area contributed by atoms with E-state index in [1.54, 1.807) is 11.8 Å². The molecule has 6 heteroatoms. The van der Waals surface area contributed by atoms with Gasteiger partial charge in [0.25, 0.3) is 0 Å². The molecule has 0 spiro atoms. The third kappa shape index (κ3) is 3.55. The normalized spacial score (nSPS) is 21.4. The minimum absolute atomic E-state index is 0.0574. The summed E-state index contributed by atoms with van der Waals surface area (Å²) < 4.78 is 4.41. The van der Waals surface area contributed by atoms with Crippen molar-refractivity contribution in [3.63, 3.8) is 0 Å². The molecule has 14 heavy (non-hydrogen) atoms. The molecular formula is C8H14N2O3S. The number of carbonyl (C=O) groups excluding carboxylic acids is 2. The summed E-state index contributed by atoms with van der Waals surface area (Å²) in [4.78, 5) is 22.2. The van der Waals surface area contributed by atoms with Crippen molar-refractivity contribution in [2.75, 3.05) is 31.7 Å². The number of rotatable bonds is 3. The molecule has 1 aliphatic rings. The van der Waals surface area contributed by atoms with Crippen LogP contribution in [0.3, 0.4) is 0 Å². The Labute approximate surface area is 86.9 Å². The third-order valence-corrected chi connectivity index (χ3v) is 2.93. The zero-order chi connectivity index (χ0) is 10.4. The predicted molar refractivity (Wildman–Crippen MR) is 54.1 cm³/mol. The molecule has 1 fully saturated rings. The van der Waals surface area contributed by atoms with Gasteiger partial charge >= 0.3 is 5.97 Å². The first-order valence-electron chi connectivity index (χ1n) is 4.39. The largest absolute Gasteiger partial charge is 0.468 e. The summed E-state index contributed by atoms with van der Waals surface area (Å²) in [5.41, 5.74) is 0. The summed E-state index contributed by atoms with van der Waals surface area (Å²) in [6, 6.07) is -0.182. The first kappa shape index (κ1) is 11.3. The molecule has 1 aliphatic heterocycles. The van der Waals surface area contributed by atoms with Crippen LogP contribution in [0.2, 0.25) is 0 Å². The van der Waals surface area contributed by atoms with E-state index >= 15 is 0 Å². The van der Waals surface area contributed by atoms with Crippen molar-refractivity contribution in [2.24, 2.45) is 0 Å². The number of methoxy groups -OCH3 is 1. The maximum atomic E-state index is 11.4. The average molecular weight is 218 g/mol. The van der Waals surface area contributed by atoms with Gasteiger partial charge in [-0.15, -0.1) is 0 Å². The zero-order valence-corrected chi connectivity index (χ0v) is 8.86. The Hall–Kier alpha value is -0.750. The van der Waals surface area contributed by atoms with Crippen LogP contribution in [0.25, 0.3) is 0 Å². The Morgan fingerprint density at radius 1 is 1.64 bits per heavy atom. The van der Waals surface area contributed by atoms with Crippen molar-refractivity contribution in [1.82, 2.24) is 10.6 Å². The molecule has 0 saturated carbocycles. The molecule has 0 radical (unpaired) electrons. The predicted octanol–water partition coefficient (Wildman–Crippen LogP) is -1.02. The van der Waals surface area contributed by atoms with E-state index in [0.717, 1.165) is 18.1 Å². The van der Waals surface area contributed by atoms with Gasteiger partial charge in [-0.2, -0.15) is 11.8 Å². The molecule has 2 N–H and O–H groups in total. The SMILES string of the molecule is COC(=O)CNC(=O)[C@@H]1CSCCN1. The van der Waals surface area contributed by atoms with E-state index in [9.17, 15) is 9.59 Å². The van der Waals surface area contributed by atoms with Gasteiger partial charge in [0.05, 0.1) is 13.2 Å². The number of carbonyl (C=O) groups is 2. The molecule has 0 aromatic heterocycles. The van der Waals surface area contributed by atoms with Crippen LogP contribution in [0.4, 0.5) is 0 Å². The number of ether oxygens (including phenoxy) is 1. The van der Waals surface area contributed by atoms with E-state index in [4.69, 9.17) is 0 Å². The molecule has 5 nitrogen and oxygen atoms in total. The van der Waals surface area contributed by atoms with Gasteiger partial charge in [0.1, 0.15) is 6.54 Å². The summed E-state index contributed by atoms with van der Waals surface area (Å²) in [7, 11) is 1.29. The summed E-state index contributed by atoms with van der Waals surface area (Å²) >= 11 is 1.73. The molecule has 1 atom stereocenters. The summed E-state index contributed by atoms with van der Waals surface area (Å²) in [5.74, 6) is 1.22. The van der Waals surface area contributed by atoms with Gasteiger partial charge in [-0.3, -0.25) is 9.59 Å². The van der Waals surface area contributed by atoms with Gasteiger partial charge in [0.2, 0.25) is 5.91 Å². The van der Waals surface area contributed by atoms with E-state index in [-0.39, 0.29) is 18.5 Å². The minimum atomic E-state index is -0.429. The lowest BCUT2D eigenvalue weighted by atomic mass is 10.3. The average Bonchev–Trinajstić information content (AvgIpc) is 2.26. The molecule has 0 aromatic carbocycles. The van der Waals surface area contributed by atoms with Crippen LogP contribution >= 0.6 is 11.8 Å². The van der Waals surface area contributed by atoms with E-state index < -0.39 is 5.97 Å². The summed E-state index contributed by atoms with van der Waals surface area (Å²) in [6.45, 7) is 0.777. The number of esters is 1. The maximum absolute atomic E-state index is 11.4. The van der Waals surface area contributed by atoms with Crippen molar-refractivity contribution in [3.05, 3.63) is 0 Å². The van der Waals surface area contributed by atoms with E-state index in [2.05, 4.69) is 15.4 Å². The van der Waals surface area contributed by atoms with Crippen molar-refractivity contribution >= 4 is 23.6 Å². The van der Waals surface area contributed by atoms with Crippen LogP contribution < -0.4 is 10.6 Å². The van der Waals surface area contributed by atoms with Crippen molar-refractivity contribution in [1.29, 1.82) is 0 Å². The molecule has 80 valence electrons. The van der Waals surface area contributed by atoms with E-state index in [0.29, 0.717) is 0 Å². The molecule has 1 rings (SSSR count). The topological polar surface area (TPSA) is 67.4 Å². The number of hydrogen-bond acceptors (Lipinski definition) is 5. The van der Waals surface area contributed by atoms with Crippen molar-refractivity contribution in [2.45, 2.75) is 6.04 Å². The molecule has 0 aromatic rings. The van der Waals surface area contributed by atoms with Crippen LogP contribution in [-0.2, 0) is 14.3 Å². The van der Waals surface area contributed by atoms with Gasteiger partial charge < -0.3 is 15.4 Å². The number of thioether (sulfide) groups is 1. The fraction of sp³-hybridized carbons (Fsp3) is 0.750. The quantitative estimate of drug-likeness (QED) is 0.594. The highest BCUT2D eigenvalue weighted by Gasteiger charge is 2.20. The van der Waals surface area contributed by atoms with Crippen LogP contribution in [0.15, 0.2) is 0 Å². The van der Waals surface area contributed by atoms with Crippen LogP contribution in [-0.4, -0.2) is 49.6 Å². The second-order valence-electron chi connectivity index (χ2n) is 2.88. The van der Waals surface area contributed by atoms with E-state index in [1.165, 1.54) is 7.11 Å². The molecule has 0 unspecified atom stereocenters. The maximum Gasteiger partial charge on any atom is 0.325 e. The Morgan fingerprint density at radius 2 is 2.43 bits per heavy atom. The van der Waals surface area contributed by atoms with Gasteiger partial charge in [-0.25, -0.2) is 0 Å².